The summed E-state index contributed by atoms with van der Waals surface area (Å²) in [5.74, 6) is 0.682. The van der Waals surface area contributed by atoms with Crippen molar-refractivity contribution >= 4 is 11.9 Å². The normalized spacial score (nSPS) is 15.0. The van der Waals surface area contributed by atoms with E-state index in [1.54, 1.807) is 25.1 Å². The minimum Gasteiger partial charge on any atom is -0.508 e. The first-order valence-electron chi connectivity index (χ1n) is 8.61. The van der Waals surface area contributed by atoms with Gasteiger partial charge in [-0.3, -0.25) is 9.59 Å². The van der Waals surface area contributed by atoms with Gasteiger partial charge in [-0.05, 0) is 25.1 Å². The number of rotatable bonds is 5. The molecule has 2 aromatic carbocycles. The Labute approximate surface area is 151 Å². The molecule has 0 fully saturated rings. The van der Waals surface area contributed by atoms with Crippen LogP contribution in [0.4, 0.5) is 0 Å². The number of benzene rings is 2. The fraction of sp³-hybridized carbons (Fsp3) is 0.300. The van der Waals surface area contributed by atoms with Gasteiger partial charge in [-0.25, -0.2) is 0 Å². The molecule has 0 saturated heterocycles. The summed E-state index contributed by atoms with van der Waals surface area (Å²) in [5, 5.41) is 13.1. The Morgan fingerprint density at radius 1 is 1.15 bits per heavy atom. The Bertz CT molecular complexity index is 818. The van der Waals surface area contributed by atoms with Gasteiger partial charge in [0.1, 0.15) is 17.2 Å². The van der Waals surface area contributed by atoms with E-state index in [1.165, 1.54) is 0 Å². The maximum absolute atomic E-state index is 12.3. The van der Waals surface area contributed by atoms with Crippen LogP contribution in [0.2, 0.25) is 0 Å². The summed E-state index contributed by atoms with van der Waals surface area (Å²) < 4.78 is 10.8. The molecule has 0 aromatic heterocycles. The van der Waals surface area contributed by atoms with Crippen molar-refractivity contribution in [2.75, 3.05) is 6.61 Å². The van der Waals surface area contributed by atoms with Crippen LogP contribution in [-0.4, -0.2) is 23.6 Å². The number of esters is 1. The first-order chi connectivity index (χ1) is 12.6. The zero-order valence-corrected chi connectivity index (χ0v) is 14.5. The number of phenols is 1. The molecule has 1 unspecified atom stereocenters. The first-order valence-corrected chi connectivity index (χ1v) is 8.61. The van der Waals surface area contributed by atoms with Crippen molar-refractivity contribution in [2.45, 2.75) is 32.2 Å². The van der Waals surface area contributed by atoms with Crippen molar-refractivity contribution in [3.05, 3.63) is 53.6 Å². The highest BCUT2D eigenvalue weighted by atomic mass is 16.5. The van der Waals surface area contributed by atoms with E-state index in [4.69, 9.17) is 9.47 Å². The van der Waals surface area contributed by atoms with Crippen LogP contribution in [-0.2, 0) is 20.7 Å². The summed E-state index contributed by atoms with van der Waals surface area (Å²) in [5.41, 5.74) is 1.46. The van der Waals surface area contributed by atoms with E-state index >= 15 is 0 Å². The van der Waals surface area contributed by atoms with Crippen LogP contribution in [0.5, 0.6) is 17.2 Å². The van der Waals surface area contributed by atoms with Crippen molar-refractivity contribution < 1.29 is 24.2 Å². The number of amides is 1. The van der Waals surface area contributed by atoms with Gasteiger partial charge in [0, 0.05) is 24.0 Å². The summed E-state index contributed by atoms with van der Waals surface area (Å²) in [6, 6.07) is 12.2. The smallest absolute Gasteiger partial charge is 0.306 e. The molecule has 136 valence electrons. The number of carbonyl (C=O) groups is 2. The van der Waals surface area contributed by atoms with Crippen LogP contribution in [0.25, 0.3) is 0 Å². The topological polar surface area (TPSA) is 84.9 Å². The second-order valence-corrected chi connectivity index (χ2v) is 6.02. The van der Waals surface area contributed by atoms with Gasteiger partial charge in [0.2, 0.25) is 5.91 Å². The molecule has 0 spiro atoms. The highest BCUT2D eigenvalue weighted by molar-refractivity contribution is 5.81. The number of nitrogens with one attached hydrogen (secondary N) is 1. The van der Waals surface area contributed by atoms with Crippen LogP contribution in [0.15, 0.2) is 42.5 Å². The maximum atomic E-state index is 12.3. The number of phenolic OH excluding ortho intramolecular Hbond substituents is 1. The van der Waals surface area contributed by atoms with E-state index in [-0.39, 0.29) is 30.5 Å². The number of ether oxygens (including phenoxy) is 2. The molecule has 0 radical (unpaired) electrons. The molecule has 2 N–H and O–H groups in total. The highest BCUT2D eigenvalue weighted by Gasteiger charge is 2.26. The number of hydrogen-bond donors (Lipinski definition) is 2. The lowest BCUT2D eigenvalue weighted by Crippen LogP contribution is -2.30. The first kappa shape index (κ1) is 17.8. The molecular formula is C20H21NO5. The third-order valence-electron chi connectivity index (χ3n) is 4.23. The van der Waals surface area contributed by atoms with Crippen molar-refractivity contribution in [1.29, 1.82) is 0 Å². The lowest BCUT2D eigenvalue weighted by molar-refractivity contribution is -0.144. The Kier molecular flexibility index (Phi) is 5.41. The monoisotopic (exact) mass is 355 g/mol. The Morgan fingerprint density at radius 3 is 2.73 bits per heavy atom. The summed E-state index contributed by atoms with van der Waals surface area (Å²) in [7, 11) is 0. The predicted molar refractivity (Wildman–Crippen MR) is 95.1 cm³/mol. The van der Waals surface area contributed by atoms with Crippen molar-refractivity contribution in [3.8, 4) is 17.2 Å². The number of aromatic hydroxyl groups is 1. The van der Waals surface area contributed by atoms with Gasteiger partial charge in [0.15, 0.2) is 0 Å². The minimum absolute atomic E-state index is 0.0341. The van der Waals surface area contributed by atoms with Crippen LogP contribution in [0, 0.1) is 0 Å². The standard InChI is InChI=1S/C20H21NO5/c1-2-25-20(24)11-10-19(23)21-15-12-14-16(22)7-5-9-18(14)26-17-8-4-3-6-13(15)17/h3-9,15,22H,2,10-12H2,1H3,(H,21,23). The fourth-order valence-electron chi connectivity index (χ4n) is 2.99. The molecule has 0 saturated carbocycles. The molecule has 6 nitrogen and oxygen atoms in total. The van der Waals surface area contributed by atoms with Crippen molar-refractivity contribution in [2.24, 2.45) is 0 Å². The Balaban J connectivity index is 1.80. The van der Waals surface area contributed by atoms with E-state index in [9.17, 15) is 14.7 Å². The molecular weight excluding hydrogens is 334 g/mol. The maximum Gasteiger partial charge on any atom is 0.306 e. The molecule has 0 aliphatic carbocycles. The second-order valence-electron chi connectivity index (χ2n) is 6.02. The van der Waals surface area contributed by atoms with E-state index in [0.29, 0.717) is 30.1 Å². The minimum atomic E-state index is -0.393. The van der Waals surface area contributed by atoms with E-state index in [2.05, 4.69) is 5.32 Å². The number of hydrogen-bond acceptors (Lipinski definition) is 5. The molecule has 1 aliphatic rings. The fourth-order valence-corrected chi connectivity index (χ4v) is 2.99. The third-order valence-corrected chi connectivity index (χ3v) is 4.23. The van der Waals surface area contributed by atoms with Gasteiger partial charge in [0.05, 0.1) is 19.1 Å². The molecule has 1 heterocycles. The number of para-hydroxylation sites is 1. The lowest BCUT2D eigenvalue weighted by Gasteiger charge is -2.18. The quantitative estimate of drug-likeness (QED) is 0.804. The summed E-state index contributed by atoms with van der Waals surface area (Å²) >= 11 is 0. The zero-order valence-electron chi connectivity index (χ0n) is 14.5. The Morgan fingerprint density at radius 2 is 1.92 bits per heavy atom. The average Bonchev–Trinajstić information content (AvgIpc) is 2.78. The molecule has 3 rings (SSSR count). The van der Waals surface area contributed by atoms with Gasteiger partial charge in [-0.1, -0.05) is 24.3 Å². The largest absolute Gasteiger partial charge is 0.508 e. The summed E-state index contributed by atoms with van der Waals surface area (Å²) in [6.45, 7) is 2.02. The van der Waals surface area contributed by atoms with Gasteiger partial charge >= 0.3 is 5.97 Å². The van der Waals surface area contributed by atoms with E-state index in [1.807, 2.05) is 24.3 Å². The SMILES string of the molecule is CCOC(=O)CCC(=O)NC1Cc2c(O)cccc2Oc2ccccc21. The van der Waals surface area contributed by atoms with Crippen LogP contribution in [0.1, 0.15) is 36.9 Å². The summed E-state index contributed by atoms with van der Waals surface area (Å²) in [6.07, 6.45) is 0.475. The van der Waals surface area contributed by atoms with Gasteiger partial charge in [-0.15, -0.1) is 0 Å². The molecule has 6 heteroatoms. The lowest BCUT2D eigenvalue weighted by atomic mass is 9.98. The third kappa shape index (κ3) is 3.96. The van der Waals surface area contributed by atoms with Gasteiger partial charge in [0.25, 0.3) is 0 Å². The van der Waals surface area contributed by atoms with Crippen molar-refractivity contribution in [1.82, 2.24) is 5.32 Å². The van der Waals surface area contributed by atoms with Gasteiger partial charge in [-0.2, -0.15) is 0 Å². The van der Waals surface area contributed by atoms with Crippen molar-refractivity contribution in [3.63, 3.8) is 0 Å². The zero-order chi connectivity index (χ0) is 18.5. The van der Waals surface area contributed by atoms with Crippen LogP contribution in [0.3, 0.4) is 0 Å². The van der Waals surface area contributed by atoms with Crippen LogP contribution >= 0.6 is 0 Å². The van der Waals surface area contributed by atoms with E-state index in [0.717, 1.165) is 5.56 Å². The van der Waals surface area contributed by atoms with E-state index < -0.39 is 5.97 Å². The average molecular weight is 355 g/mol. The highest BCUT2D eigenvalue weighted by Crippen LogP contribution is 2.41. The molecule has 2 aromatic rings. The predicted octanol–water partition coefficient (Wildman–Crippen LogP) is 3.24. The molecule has 1 atom stereocenters. The van der Waals surface area contributed by atoms with Crippen LogP contribution < -0.4 is 10.1 Å². The Hall–Kier alpha value is -3.02. The molecule has 1 amide bonds. The second kappa shape index (κ2) is 7.91. The summed E-state index contributed by atoms with van der Waals surface area (Å²) in [4.78, 5) is 23.8. The molecule has 0 bridgehead atoms. The number of carbonyl (C=O) groups excluding carboxylic acids is 2. The molecule has 1 aliphatic heterocycles. The molecule has 26 heavy (non-hydrogen) atoms. The number of fused-ring (bicyclic) bond motifs is 2. The van der Waals surface area contributed by atoms with Gasteiger partial charge < -0.3 is 19.9 Å².